The van der Waals surface area contributed by atoms with Crippen LogP contribution in [0.5, 0.6) is 17.2 Å². The van der Waals surface area contributed by atoms with Crippen LogP contribution in [0, 0.1) is 5.41 Å². The maximum absolute atomic E-state index is 13.2. The Bertz CT molecular complexity index is 1340. The first-order valence-corrected chi connectivity index (χ1v) is 11.2. The van der Waals surface area contributed by atoms with Gasteiger partial charge in [0.05, 0.1) is 31.5 Å². The van der Waals surface area contributed by atoms with Crippen molar-refractivity contribution in [2.75, 3.05) is 14.2 Å². The van der Waals surface area contributed by atoms with E-state index in [9.17, 15) is 14.0 Å². The number of halogens is 1. The summed E-state index contributed by atoms with van der Waals surface area (Å²) in [5.74, 6) is 1.02. The quantitative estimate of drug-likeness (QED) is 0.564. The number of aromatic nitrogens is 1. The molecule has 5 rings (SSSR count). The molecule has 0 aliphatic heterocycles. The Morgan fingerprint density at radius 2 is 1.86 bits per heavy atom. The van der Waals surface area contributed by atoms with Gasteiger partial charge in [-0.3, -0.25) is 14.6 Å². The van der Waals surface area contributed by atoms with E-state index in [-0.39, 0.29) is 23.7 Å². The van der Waals surface area contributed by atoms with Gasteiger partial charge in [-0.2, -0.15) is 0 Å². The number of pyridine rings is 1. The number of ether oxygens (including phenoxy) is 3. The monoisotopic (exact) mass is 477 g/mol. The average molecular weight is 477 g/mol. The lowest BCUT2D eigenvalue weighted by Crippen LogP contribution is -2.46. The van der Waals surface area contributed by atoms with Crippen LogP contribution in [-0.2, 0) is 9.59 Å². The summed E-state index contributed by atoms with van der Waals surface area (Å²) in [6.07, 6.45) is 10.6. The molecule has 2 amide bonds. The maximum Gasteiger partial charge on any atom is 0.240 e. The molecule has 8 nitrogen and oxygen atoms in total. The van der Waals surface area contributed by atoms with Gasteiger partial charge >= 0.3 is 0 Å². The Hall–Kier alpha value is -4.14. The van der Waals surface area contributed by atoms with Crippen LogP contribution < -0.4 is 24.8 Å². The van der Waals surface area contributed by atoms with E-state index in [1.54, 1.807) is 56.8 Å². The van der Waals surface area contributed by atoms with Crippen LogP contribution in [0.15, 0.2) is 72.1 Å². The van der Waals surface area contributed by atoms with Gasteiger partial charge in [-0.15, -0.1) is 0 Å². The molecule has 2 N–H and O–H groups in total. The molecule has 180 valence electrons. The second-order valence-corrected chi connectivity index (χ2v) is 8.55. The Morgan fingerprint density at radius 3 is 2.49 bits per heavy atom. The van der Waals surface area contributed by atoms with Crippen LogP contribution in [0.2, 0.25) is 0 Å². The van der Waals surface area contributed by atoms with E-state index in [1.165, 1.54) is 12.2 Å². The van der Waals surface area contributed by atoms with Crippen molar-refractivity contribution in [3.05, 3.63) is 72.1 Å². The van der Waals surface area contributed by atoms with Crippen LogP contribution >= 0.6 is 0 Å². The molecule has 1 saturated carbocycles. The van der Waals surface area contributed by atoms with Crippen LogP contribution in [0.4, 0.5) is 4.39 Å². The molecule has 0 radical (unpaired) electrons. The highest BCUT2D eigenvalue weighted by Crippen LogP contribution is 2.47. The standard InChI is InChI=1S/C26H24FN3O5/c1-33-22-13-17-19(14-23(22)34-2)28-12-9-20(17)35-21-8-7-18(21)30-25(32)26(10-11-26)24(31)29-16-5-3-15(27)4-6-16/h3-5,7-9,12-14,16H,6,10-11H2,1-2H3,(H,29,31)(H,30,32). The van der Waals surface area contributed by atoms with Crippen LogP contribution in [0.25, 0.3) is 10.9 Å². The number of carbonyl (C=O) groups is 2. The lowest BCUT2D eigenvalue weighted by atomic mass is 10.0. The number of allylic oxidation sites excluding steroid dienone is 4. The van der Waals surface area contributed by atoms with Gasteiger partial charge < -0.3 is 24.8 Å². The predicted molar refractivity (Wildman–Crippen MR) is 126 cm³/mol. The van der Waals surface area contributed by atoms with Gasteiger partial charge in [-0.05, 0) is 55.7 Å². The van der Waals surface area contributed by atoms with Crippen molar-refractivity contribution in [3.8, 4) is 17.2 Å². The predicted octanol–water partition coefficient (Wildman–Crippen LogP) is 3.61. The number of hydrogen-bond donors (Lipinski definition) is 2. The minimum Gasteiger partial charge on any atom is -0.493 e. The summed E-state index contributed by atoms with van der Waals surface area (Å²) < 4.78 is 30.0. The van der Waals surface area contributed by atoms with E-state index < -0.39 is 5.41 Å². The van der Waals surface area contributed by atoms with E-state index >= 15 is 0 Å². The number of amides is 2. The third kappa shape index (κ3) is 4.25. The maximum atomic E-state index is 13.2. The molecule has 1 atom stereocenters. The highest BCUT2D eigenvalue weighted by atomic mass is 19.1. The van der Waals surface area contributed by atoms with Crippen molar-refractivity contribution in [2.24, 2.45) is 5.41 Å². The number of fused-ring (bicyclic) bond motifs is 1. The first kappa shape index (κ1) is 22.6. The summed E-state index contributed by atoms with van der Waals surface area (Å²) in [5.41, 5.74) is 0.0272. The number of nitrogens with zero attached hydrogens (tertiary/aromatic N) is 1. The van der Waals surface area contributed by atoms with Gasteiger partial charge in [-0.1, -0.05) is 6.08 Å². The third-order valence-electron chi connectivity index (χ3n) is 6.33. The SMILES string of the molecule is COc1cc2nccc(OC3=CC=C3NC(=O)C3(C(=O)NC4C=CC(F)=CC4)CC3)c2cc1OC. The van der Waals surface area contributed by atoms with E-state index in [2.05, 4.69) is 15.6 Å². The number of benzene rings is 1. The van der Waals surface area contributed by atoms with Gasteiger partial charge in [-0.25, -0.2) is 4.39 Å². The fourth-order valence-electron chi connectivity index (χ4n) is 4.01. The molecule has 0 saturated heterocycles. The second-order valence-electron chi connectivity index (χ2n) is 8.55. The molecule has 0 spiro atoms. The number of methoxy groups -OCH3 is 2. The fourth-order valence-corrected chi connectivity index (χ4v) is 4.01. The van der Waals surface area contributed by atoms with Crippen molar-refractivity contribution in [1.29, 1.82) is 0 Å². The Kier molecular flexibility index (Phi) is 5.76. The van der Waals surface area contributed by atoms with Crippen molar-refractivity contribution in [1.82, 2.24) is 15.6 Å². The summed E-state index contributed by atoms with van der Waals surface area (Å²) in [4.78, 5) is 30.2. The largest absolute Gasteiger partial charge is 0.493 e. The van der Waals surface area contributed by atoms with Crippen molar-refractivity contribution in [3.63, 3.8) is 0 Å². The van der Waals surface area contributed by atoms with Crippen LogP contribution in [-0.4, -0.2) is 37.1 Å². The van der Waals surface area contributed by atoms with Crippen molar-refractivity contribution < 1.29 is 28.2 Å². The number of rotatable bonds is 8. The topological polar surface area (TPSA) is 98.8 Å². The Morgan fingerprint density at radius 1 is 1.09 bits per heavy atom. The average Bonchev–Trinajstić information content (AvgIpc) is 3.68. The molecule has 9 heteroatoms. The van der Waals surface area contributed by atoms with Crippen molar-refractivity contribution in [2.45, 2.75) is 25.3 Å². The highest BCUT2D eigenvalue weighted by Gasteiger charge is 2.57. The molecular weight excluding hydrogens is 453 g/mol. The van der Waals surface area contributed by atoms with Crippen LogP contribution in [0.3, 0.4) is 0 Å². The number of carbonyl (C=O) groups excluding carboxylic acids is 2. The zero-order valence-electron chi connectivity index (χ0n) is 19.3. The number of hydrogen-bond acceptors (Lipinski definition) is 6. The molecule has 1 aromatic heterocycles. The summed E-state index contributed by atoms with van der Waals surface area (Å²) in [6.45, 7) is 0. The summed E-state index contributed by atoms with van der Waals surface area (Å²) >= 11 is 0. The van der Waals surface area contributed by atoms with E-state index in [4.69, 9.17) is 14.2 Å². The lowest BCUT2D eigenvalue weighted by Gasteiger charge is -2.24. The number of nitrogens with one attached hydrogen (secondary N) is 2. The zero-order chi connectivity index (χ0) is 24.6. The summed E-state index contributed by atoms with van der Waals surface area (Å²) in [6, 6.07) is 4.93. The molecule has 0 bridgehead atoms. The zero-order valence-corrected chi connectivity index (χ0v) is 19.3. The first-order chi connectivity index (χ1) is 16.9. The molecular formula is C26H24FN3O5. The lowest BCUT2D eigenvalue weighted by molar-refractivity contribution is -0.137. The molecule has 3 aliphatic carbocycles. The van der Waals surface area contributed by atoms with Gasteiger partial charge in [0.1, 0.15) is 17.0 Å². The summed E-state index contributed by atoms with van der Waals surface area (Å²) in [5, 5.41) is 6.37. The van der Waals surface area contributed by atoms with Gasteiger partial charge in [0, 0.05) is 17.6 Å². The summed E-state index contributed by atoms with van der Waals surface area (Å²) in [7, 11) is 3.10. The van der Waals surface area contributed by atoms with E-state index in [0.29, 0.717) is 58.9 Å². The second kappa shape index (κ2) is 8.90. The molecule has 1 aromatic carbocycles. The third-order valence-corrected chi connectivity index (χ3v) is 6.33. The van der Waals surface area contributed by atoms with Gasteiger partial charge in [0.25, 0.3) is 0 Å². The fraction of sp³-hybridized carbons (Fsp3) is 0.269. The normalized spacial score (nSPS) is 19.5. The highest BCUT2D eigenvalue weighted by molar-refractivity contribution is 6.08. The van der Waals surface area contributed by atoms with E-state index in [1.807, 2.05) is 0 Å². The Balaban J connectivity index is 1.25. The molecule has 1 unspecified atom stereocenters. The molecule has 2 aromatic rings. The Labute approximate surface area is 201 Å². The minimum atomic E-state index is -1.12. The molecule has 35 heavy (non-hydrogen) atoms. The van der Waals surface area contributed by atoms with E-state index in [0.717, 1.165) is 0 Å². The molecule has 1 fully saturated rings. The van der Waals surface area contributed by atoms with Gasteiger partial charge in [0.2, 0.25) is 11.8 Å². The molecule has 3 aliphatic rings. The van der Waals surface area contributed by atoms with Crippen LogP contribution in [0.1, 0.15) is 19.3 Å². The first-order valence-electron chi connectivity index (χ1n) is 11.2. The molecule has 1 heterocycles. The smallest absolute Gasteiger partial charge is 0.240 e. The van der Waals surface area contributed by atoms with Gasteiger partial charge in [0.15, 0.2) is 17.3 Å². The van der Waals surface area contributed by atoms with Crippen molar-refractivity contribution >= 4 is 22.7 Å². The minimum absolute atomic E-state index is 0.329.